The smallest absolute Gasteiger partial charge is 0.275 e. The number of unbranched alkanes of at least 4 members (excludes halogenated alkanes) is 1. The minimum atomic E-state index is -0.235. The number of hydrogen-bond donors (Lipinski definition) is 0. The quantitative estimate of drug-likeness (QED) is 0.604. The van der Waals surface area contributed by atoms with Gasteiger partial charge in [-0.25, -0.2) is 9.37 Å². The topological polar surface area (TPSA) is 50.5 Å². The molecule has 2 aromatic heterocycles. The van der Waals surface area contributed by atoms with Crippen LogP contribution in [0.25, 0.3) is 4.96 Å². The Morgan fingerprint density at radius 3 is 2.65 bits per heavy atom. The number of aryl methyl sites for hydroxylation is 1. The fourth-order valence-corrected chi connectivity index (χ4v) is 3.72. The van der Waals surface area contributed by atoms with E-state index in [4.69, 9.17) is 0 Å². The molecule has 0 aliphatic heterocycles. The Bertz CT molecular complexity index is 919. The van der Waals surface area contributed by atoms with E-state index >= 15 is 0 Å². The van der Waals surface area contributed by atoms with E-state index in [1.165, 1.54) is 28.0 Å². The average molecular weight is 374 g/mol. The molecule has 0 radical (unpaired) electrons. The molecule has 2 heterocycles. The highest BCUT2D eigenvalue weighted by atomic mass is 32.1. The second kappa shape index (κ2) is 8.51. The lowest BCUT2D eigenvalue weighted by Crippen LogP contribution is -2.25. The zero-order chi connectivity index (χ0) is 18.5. The number of halogens is 1. The molecule has 0 fully saturated rings. The summed E-state index contributed by atoms with van der Waals surface area (Å²) in [6.45, 7) is 6.26. The Labute approximate surface area is 156 Å². The molecule has 0 atom stereocenters. The Hall–Kier alpha value is -2.12. The van der Waals surface area contributed by atoms with Crippen molar-refractivity contribution in [3.05, 3.63) is 62.8 Å². The second-order valence-corrected chi connectivity index (χ2v) is 7.35. The van der Waals surface area contributed by atoms with Crippen LogP contribution in [0.3, 0.4) is 0 Å². The number of aromatic nitrogens is 3. The summed E-state index contributed by atoms with van der Waals surface area (Å²) in [5.41, 5.74) is 1.64. The van der Waals surface area contributed by atoms with Crippen LogP contribution < -0.4 is 5.56 Å². The van der Waals surface area contributed by atoms with Crippen molar-refractivity contribution in [3.8, 4) is 0 Å². The van der Waals surface area contributed by atoms with Crippen molar-refractivity contribution in [2.24, 2.45) is 0 Å². The molecule has 0 aliphatic rings. The summed E-state index contributed by atoms with van der Waals surface area (Å²) in [6, 6.07) is 8.06. The van der Waals surface area contributed by atoms with E-state index in [9.17, 15) is 9.18 Å². The molecule has 7 heteroatoms. The summed E-state index contributed by atoms with van der Waals surface area (Å²) < 4.78 is 14.5. The van der Waals surface area contributed by atoms with Gasteiger partial charge in [0.15, 0.2) is 0 Å². The van der Waals surface area contributed by atoms with Crippen LogP contribution in [0.4, 0.5) is 4.39 Å². The van der Waals surface area contributed by atoms with Crippen LogP contribution >= 0.6 is 11.3 Å². The molecule has 138 valence electrons. The standard InChI is InChI=1S/C19H23FN4OS/c1-3-5-6-17-22-24-18(25)11-16(21-19(24)26-17)13-23(4-2)12-14-7-9-15(20)10-8-14/h7-11H,3-6,12-13H2,1-2H3. The molecule has 0 amide bonds. The van der Waals surface area contributed by atoms with E-state index in [0.717, 1.165) is 42.1 Å². The number of hydrogen-bond acceptors (Lipinski definition) is 5. The van der Waals surface area contributed by atoms with Crippen molar-refractivity contribution < 1.29 is 4.39 Å². The van der Waals surface area contributed by atoms with Gasteiger partial charge in [-0.1, -0.05) is 43.7 Å². The normalized spacial score (nSPS) is 11.5. The highest BCUT2D eigenvalue weighted by Gasteiger charge is 2.12. The van der Waals surface area contributed by atoms with Crippen molar-refractivity contribution in [1.82, 2.24) is 19.5 Å². The van der Waals surface area contributed by atoms with E-state index in [1.807, 2.05) is 0 Å². The Kier molecular flexibility index (Phi) is 6.11. The zero-order valence-electron chi connectivity index (χ0n) is 15.1. The first-order valence-corrected chi connectivity index (χ1v) is 9.76. The SMILES string of the molecule is CCCCc1nn2c(=O)cc(CN(CC)Cc3ccc(F)cc3)nc2s1. The summed E-state index contributed by atoms with van der Waals surface area (Å²) in [7, 11) is 0. The van der Waals surface area contributed by atoms with Crippen LogP contribution in [0, 0.1) is 5.82 Å². The van der Waals surface area contributed by atoms with Gasteiger partial charge in [0, 0.05) is 25.6 Å². The van der Waals surface area contributed by atoms with Crippen LogP contribution in [-0.4, -0.2) is 26.0 Å². The van der Waals surface area contributed by atoms with E-state index < -0.39 is 0 Å². The maximum absolute atomic E-state index is 13.1. The predicted molar refractivity (Wildman–Crippen MR) is 102 cm³/mol. The third kappa shape index (κ3) is 4.53. The van der Waals surface area contributed by atoms with Gasteiger partial charge in [-0.15, -0.1) is 0 Å². The van der Waals surface area contributed by atoms with E-state index in [-0.39, 0.29) is 11.4 Å². The monoisotopic (exact) mass is 374 g/mol. The largest absolute Gasteiger partial charge is 0.294 e. The maximum atomic E-state index is 13.1. The summed E-state index contributed by atoms with van der Waals surface area (Å²) in [4.78, 5) is 19.8. The molecule has 0 bridgehead atoms. The lowest BCUT2D eigenvalue weighted by molar-refractivity contribution is 0.268. The molecule has 5 nitrogen and oxygen atoms in total. The molecule has 0 saturated heterocycles. The van der Waals surface area contributed by atoms with Crippen LogP contribution in [-0.2, 0) is 19.5 Å². The molecular weight excluding hydrogens is 351 g/mol. The molecule has 0 N–H and O–H groups in total. The first kappa shape index (κ1) is 18.7. The fraction of sp³-hybridized carbons (Fsp3) is 0.421. The van der Waals surface area contributed by atoms with Gasteiger partial charge in [0.05, 0.1) is 5.69 Å². The van der Waals surface area contributed by atoms with Crippen LogP contribution in [0.15, 0.2) is 35.1 Å². The van der Waals surface area contributed by atoms with Crippen LogP contribution in [0.2, 0.25) is 0 Å². The van der Waals surface area contributed by atoms with Crippen LogP contribution in [0.1, 0.15) is 43.0 Å². The minimum Gasteiger partial charge on any atom is -0.294 e. The number of rotatable bonds is 8. The van der Waals surface area contributed by atoms with Gasteiger partial charge >= 0.3 is 0 Å². The number of benzene rings is 1. The second-order valence-electron chi connectivity index (χ2n) is 6.31. The third-order valence-corrected chi connectivity index (χ3v) is 5.20. The van der Waals surface area contributed by atoms with Gasteiger partial charge in [-0.2, -0.15) is 9.61 Å². The van der Waals surface area contributed by atoms with Crippen molar-refractivity contribution in [2.75, 3.05) is 6.54 Å². The zero-order valence-corrected chi connectivity index (χ0v) is 15.9. The lowest BCUT2D eigenvalue weighted by Gasteiger charge is -2.19. The van der Waals surface area contributed by atoms with E-state index in [0.29, 0.717) is 18.1 Å². The third-order valence-electron chi connectivity index (χ3n) is 4.24. The number of nitrogens with zero attached hydrogens (tertiary/aromatic N) is 4. The van der Waals surface area contributed by atoms with Crippen molar-refractivity contribution in [3.63, 3.8) is 0 Å². The number of fused-ring (bicyclic) bond motifs is 1. The van der Waals surface area contributed by atoms with Gasteiger partial charge in [-0.3, -0.25) is 9.69 Å². The van der Waals surface area contributed by atoms with Crippen molar-refractivity contribution >= 4 is 16.3 Å². The summed E-state index contributed by atoms with van der Waals surface area (Å²) in [5.74, 6) is -0.235. The van der Waals surface area contributed by atoms with Crippen molar-refractivity contribution in [2.45, 2.75) is 46.2 Å². The molecule has 0 aliphatic carbocycles. The lowest BCUT2D eigenvalue weighted by atomic mass is 10.2. The first-order valence-electron chi connectivity index (χ1n) is 8.94. The molecule has 0 saturated carbocycles. The van der Waals surface area contributed by atoms with Gasteiger partial charge in [0.2, 0.25) is 4.96 Å². The van der Waals surface area contributed by atoms with E-state index in [2.05, 4.69) is 28.8 Å². The Morgan fingerprint density at radius 2 is 1.96 bits per heavy atom. The molecule has 0 spiro atoms. The summed E-state index contributed by atoms with van der Waals surface area (Å²) >= 11 is 1.49. The summed E-state index contributed by atoms with van der Waals surface area (Å²) in [6.07, 6.45) is 3.03. The highest BCUT2D eigenvalue weighted by Crippen LogP contribution is 2.15. The minimum absolute atomic E-state index is 0.137. The Balaban J connectivity index is 1.77. The van der Waals surface area contributed by atoms with E-state index in [1.54, 1.807) is 18.2 Å². The Morgan fingerprint density at radius 1 is 1.19 bits per heavy atom. The molecule has 1 aromatic carbocycles. The molecular formula is C19H23FN4OS. The summed E-state index contributed by atoms with van der Waals surface area (Å²) in [5, 5.41) is 5.33. The van der Waals surface area contributed by atoms with Gasteiger partial charge in [0.25, 0.3) is 5.56 Å². The van der Waals surface area contributed by atoms with Gasteiger partial charge < -0.3 is 0 Å². The molecule has 3 aromatic rings. The predicted octanol–water partition coefficient (Wildman–Crippen LogP) is 3.65. The highest BCUT2D eigenvalue weighted by molar-refractivity contribution is 7.16. The molecule has 26 heavy (non-hydrogen) atoms. The van der Waals surface area contributed by atoms with Gasteiger partial charge in [-0.05, 0) is 30.7 Å². The first-order chi connectivity index (χ1) is 12.6. The fourth-order valence-electron chi connectivity index (χ4n) is 2.76. The van der Waals surface area contributed by atoms with Gasteiger partial charge in [0.1, 0.15) is 10.8 Å². The van der Waals surface area contributed by atoms with Crippen LogP contribution in [0.5, 0.6) is 0 Å². The maximum Gasteiger partial charge on any atom is 0.275 e. The molecule has 0 unspecified atom stereocenters. The average Bonchev–Trinajstić information content (AvgIpc) is 3.04. The molecule has 3 rings (SSSR count). The van der Waals surface area contributed by atoms with Crippen molar-refractivity contribution in [1.29, 1.82) is 0 Å².